The number of anilines is 1. The number of amidine groups is 1. The van der Waals surface area contributed by atoms with Crippen LogP contribution in [-0.2, 0) is 31.6 Å². The first-order chi connectivity index (χ1) is 23.3. The molecule has 10 nitrogen and oxygen atoms in total. The molecule has 0 fully saturated rings. The second-order valence-corrected chi connectivity index (χ2v) is 11.4. The van der Waals surface area contributed by atoms with Crippen molar-refractivity contribution in [3.05, 3.63) is 99.1 Å². The number of nitrogens with two attached hydrogens (primary N) is 3. The molecule has 0 saturated heterocycles. The highest BCUT2D eigenvalue weighted by molar-refractivity contribution is 5.94. The molecule has 0 amide bonds. The molecule has 0 aromatic heterocycles. The summed E-state index contributed by atoms with van der Waals surface area (Å²) in [6.07, 6.45) is -14.5. The number of alkyl halides is 9. The Morgan fingerprint density at radius 2 is 1.52 bits per heavy atom. The molecule has 0 radical (unpaired) electrons. The highest BCUT2D eigenvalue weighted by Gasteiger charge is 2.39. The third-order valence-corrected chi connectivity index (χ3v) is 7.98. The molecule has 0 bridgehead atoms. The molecule has 6 N–H and O–H groups in total. The van der Waals surface area contributed by atoms with Crippen LogP contribution in [0.25, 0.3) is 0 Å². The molecule has 1 heterocycles. The standard InChI is InChI=1S/C31H31F9N10/c1-17-10-23-25(50(28(42)46-48-44-2)16-19-11-21(29(32,33)34)13-22(12-19)30(35,36)37)4-3-9-49(26(23)14-24(17)31(38,39)40)15-18-5-7-20(8-6-18)27(41)45-47-43/h5-8,10-14,25H,3-4,9,15-16H2,1-2H3,(H3,41,43,45)(H2,42,44,46)/p+1/t25-/m0/s1. The second kappa shape index (κ2) is 14.7. The lowest BCUT2D eigenvalue weighted by atomic mass is 9.94. The zero-order valence-corrected chi connectivity index (χ0v) is 26.6. The molecule has 1 aliphatic rings. The van der Waals surface area contributed by atoms with Gasteiger partial charge in [0.05, 0.1) is 40.5 Å². The first-order valence-electron chi connectivity index (χ1n) is 14.8. The van der Waals surface area contributed by atoms with E-state index in [0.717, 1.165) is 6.07 Å². The maximum atomic E-state index is 14.2. The zero-order chi connectivity index (χ0) is 37.0. The smallest absolute Gasteiger partial charge is 0.368 e. The number of aryl methyl sites for hydroxylation is 1. The molecule has 50 heavy (non-hydrogen) atoms. The highest BCUT2D eigenvalue weighted by atomic mass is 19.4. The number of rotatable bonds is 7. The van der Waals surface area contributed by atoms with Gasteiger partial charge in [0, 0.05) is 30.5 Å². The van der Waals surface area contributed by atoms with E-state index in [1.807, 2.05) is 0 Å². The quantitative estimate of drug-likeness (QED) is 0.0637. The fourth-order valence-corrected chi connectivity index (χ4v) is 5.73. The summed E-state index contributed by atoms with van der Waals surface area (Å²) in [5, 5.41) is 23.3. The minimum absolute atomic E-state index is 0.00133. The van der Waals surface area contributed by atoms with E-state index in [0.29, 0.717) is 35.2 Å². The first-order valence-corrected chi connectivity index (χ1v) is 14.8. The van der Waals surface area contributed by atoms with Gasteiger partial charge < -0.3 is 15.5 Å². The predicted molar refractivity (Wildman–Crippen MR) is 165 cm³/mol. The molecule has 1 aliphatic heterocycles. The Kier molecular flexibility index (Phi) is 11.1. The lowest BCUT2D eigenvalue weighted by Crippen LogP contribution is -2.40. The summed E-state index contributed by atoms with van der Waals surface area (Å²) in [5.74, 6) is 4.66. The van der Waals surface area contributed by atoms with Crippen LogP contribution in [-0.4, -0.2) is 30.3 Å². The van der Waals surface area contributed by atoms with Crippen LogP contribution in [0.1, 0.15) is 63.4 Å². The Morgan fingerprint density at radius 1 is 0.900 bits per heavy atom. The van der Waals surface area contributed by atoms with Crippen molar-refractivity contribution >= 4 is 17.5 Å². The molecular formula is C31H32F9N10+. The summed E-state index contributed by atoms with van der Waals surface area (Å²) in [6.45, 7) is 0.964. The van der Waals surface area contributed by atoms with Gasteiger partial charge in [0.1, 0.15) is 0 Å². The third kappa shape index (κ3) is 8.86. The highest BCUT2D eigenvalue weighted by Crippen LogP contribution is 2.44. The van der Waals surface area contributed by atoms with Gasteiger partial charge in [-0.2, -0.15) is 44.6 Å². The number of fused-ring (bicyclic) bond motifs is 1. The Bertz CT molecular complexity index is 1750. The molecule has 0 saturated carbocycles. The van der Waals surface area contributed by atoms with E-state index in [-0.39, 0.29) is 42.7 Å². The fourth-order valence-electron chi connectivity index (χ4n) is 5.73. The van der Waals surface area contributed by atoms with Crippen molar-refractivity contribution in [3.63, 3.8) is 0 Å². The Morgan fingerprint density at radius 3 is 2.06 bits per heavy atom. The SMILES string of the molecule is CN=NN=C(N)N(Cc1cc(C(F)(F)F)cc(C(F)(F)F)c1)[C@H]1CCCN(Cc2ccc(C(=[NH2+])N=NN)cc2)c2cc(C(F)(F)F)c(C)cc21. The minimum Gasteiger partial charge on any atom is -0.368 e. The van der Waals surface area contributed by atoms with Crippen LogP contribution in [0.4, 0.5) is 45.2 Å². The van der Waals surface area contributed by atoms with Crippen molar-refractivity contribution in [3.8, 4) is 0 Å². The van der Waals surface area contributed by atoms with E-state index in [1.165, 1.54) is 24.9 Å². The van der Waals surface area contributed by atoms with Gasteiger partial charge in [0.15, 0.2) is 0 Å². The summed E-state index contributed by atoms with van der Waals surface area (Å²) in [5.41, 5.74) is 3.25. The molecule has 1 atom stereocenters. The number of halogens is 9. The summed E-state index contributed by atoms with van der Waals surface area (Å²) in [4.78, 5) is 2.92. The number of benzene rings is 3. The van der Waals surface area contributed by atoms with Gasteiger partial charge in [-0.3, -0.25) is 11.3 Å². The Labute approximate surface area is 279 Å². The number of hydrogen-bond donors (Lipinski definition) is 3. The fraction of sp³-hybridized carbons (Fsp3) is 0.355. The first kappa shape index (κ1) is 37.6. The maximum absolute atomic E-state index is 14.2. The largest absolute Gasteiger partial charge is 0.416 e. The monoisotopic (exact) mass is 715 g/mol. The molecule has 0 unspecified atom stereocenters. The maximum Gasteiger partial charge on any atom is 0.416 e. The van der Waals surface area contributed by atoms with Crippen molar-refractivity contribution in [2.24, 2.45) is 37.4 Å². The van der Waals surface area contributed by atoms with E-state index < -0.39 is 59.3 Å². The zero-order valence-electron chi connectivity index (χ0n) is 26.6. The molecule has 0 spiro atoms. The van der Waals surface area contributed by atoms with Crippen LogP contribution in [0.5, 0.6) is 0 Å². The number of nitrogens with zero attached hydrogens (tertiary/aromatic N) is 7. The molecule has 268 valence electrons. The van der Waals surface area contributed by atoms with Gasteiger partial charge >= 0.3 is 24.4 Å². The molecule has 19 heteroatoms. The number of guanidine groups is 1. The Balaban J connectivity index is 1.87. The van der Waals surface area contributed by atoms with E-state index in [2.05, 4.69) is 25.8 Å². The average Bonchev–Trinajstić information content (AvgIpc) is 3.19. The van der Waals surface area contributed by atoms with Crippen molar-refractivity contribution in [2.45, 2.75) is 57.4 Å². The van der Waals surface area contributed by atoms with E-state index in [4.69, 9.17) is 17.0 Å². The van der Waals surface area contributed by atoms with Crippen molar-refractivity contribution < 1.29 is 44.9 Å². The average molecular weight is 716 g/mol. The van der Waals surface area contributed by atoms with Gasteiger partial charge in [-0.15, -0.1) is 0 Å². The predicted octanol–water partition coefficient (Wildman–Crippen LogP) is 6.54. The van der Waals surface area contributed by atoms with Crippen LogP contribution < -0.4 is 21.9 Å². The van der Waals surface area contributed by atoms with E-state index >= 15 is 0 Å². The van der Waals surface area contributed by atoms with Gasteiger partial charge in [-0.05, 0) is 83.6 Å². The van der Waals surface area contributed by atoms with Gasteiger partial charge in [-0.1, -0.05) is 23.3 Å². The summed E-state index contributed by atoms with van der Waals surface area (Å²) >= 11 is 0. The third-order valence-electron chi connectivity index (χ3n) is 7.98. The van der Waals surface area contributed by atoms with Gasteiger partial charge in [0.25, 0.3) is 0 Å². The van der Waals surface area contributed by atoms with Gasteiger partial charge in [0.2, 0.25) is 5.96 Å². The van der Waals surface area contributed by atoms with Gasteiger partial charge in [-0.25, -0.2) is 0 Å². The Hall–Kier alpha value is -5.23. The lowest BCUT2D eigenvalue weighted by molar-refractivity contribution is -0.143. The molecule has 4 rings (SSSR count). The van der Waals surface area contributed by atoms with Crippen LogP contribution in [0.15, 0.2) is 80.4 Å². The van der Waals surface area contributed by atoms with Crippen LogP contribution in [0.2, 0.25) is 0 Å². The molecular weight excluding hydrogens is 683 g/mol. The lowest BCUT2D eigenvalue weighted by Gasteiger charge is -2.34. The van der Waals surface area contributed by atoms with Crippen molar-refractivity contribution in [1.82, 2.24) is 4.90 Å². The summed E-state index contributed by atoms with van der Waals surface area (Å²) in [7, 11) is 1.26. The van der Waals surface area contributed by atoms with Crippen LogP contribution in [0.3, 0.4) is 0 Å². The number of hydrogen-bond acceptors (Lipinski definition) is 4. The normalized spacial score (nSPS) is 16.2. The van der Waals surface area contributed by atoms with E-state index in [1.54, 1.807) is 29.2 Å². The van der Waals surface area contributed by atoms with Crippen LogP contribution in [0, 0.1) is 6.92 Å². The topological polar surface area (TPSA) is 146 Å². The minimum atomic E-state index is -5.12. The second-order valence-electron chi connectivity index (χ2n) is 11.4. The molecule has 0 aliphatic carbocycles. The summed E-state index contributed by atoms with van der Waals surface area (Å²) < 4.78 is 125. The molecule has 3 aromatic rings. The van der Waals surface area contributed by atoms with Crippen molar-refractivity contribution in [1.29, 1.82) is 0 Å². The molecule has 3 aromatic carbocycles. The van der Waals surface area contributed by atoms with Crippen molar-refractivity contribution in [2.75, 3.05) is 18.5 Å². The van der Waals surface area contributed by atoms with E-state index in [9.17, 15) is 39.5 Å². The van der Waals surface area contributed by atoms with Crippen LogP contribution >= 0.6 is 0 Å². The summed E-state index contributed by atoms with van der Waals surface area (Å²) in [6, 6.07) is 9.06.